The summed E-state index contributed by atoms with van der Waals surface area (Å²) >= 11 is 2.95. The molecule has 0 spiro atoms. The van der Waals surface area contributed by atoms with Crippen LogP contribution in [0.25, 0.3) is 0 Å². The van der Waals surface area contributed by atoms with Gasteiger partial charge in [-0.3, -0.25) is 0 Å². The molecule has 1 aromatic rings. The zero-order chi connectivity index (χ0) is 13.1. The minimum atomic E-state index is -0.787. The van der Waals surface area contributed by atoms with E-state index in [-0.39, 0.29) is 6.10 Å². The third-order valence-corrected chi connectivity index (χ3v) is 3.73. The summed E-state index contributed by atoms with van der Waals surface area (Å²) < 4.78 is 6.61. The summed E-state index contributed by atoms with van der Waals surface area (Å²) in [4.78, 5) is 0. The normalized spacial score (nSPS) is 18.4. The first-order valence-corrected chi connectivity index (χ1v) is 7.28. The number of rotatable bonds is 5. The molecule has 97 valence electrons. The molecule has 1 radical (unpaired) electrons. The fraction of sp³-hybridized carbons (Fsp3) is 0.538. The second-order valence-corrected chi connectivity index (χ2v) is 6.14. The summed E-state index contributed by atoms with van der Waals surface area (Å²) in [6.07, 6.45) is 1.12. The van der Waals surface area contributed by atoms with Crippen LogP contribution >= 0.6 is 0 Å². The van der Waals surface area contributed by atoms with Gasteiger partial charge in [0.15, 0.2) is 0 Å². The van der Waals surface area contributed by atoms with E-state index in [0.29, 0.717) is 5.92 Å². The van der Waals surface area contributed by atoms with Crippen LogP contribution in [0.1, 0.15) is 31.9 Å². The number of nitrogens with one attached hydrogen (secondary N) is 1. The number of benzene rings is 1. The SMILES string of the molecule is CC(C)CCNCC1OB(O)c2cc([Se])ccc21. The Bertz CT molecular complexity index is 414. The molecule has 1 heterocycles. The molecular weight excluding hydrogens is 292 g/mol. The van der Waals surface area contributed by atoms with Gasteiger partial charge in [-0.2, -0.15) is 0 Å². The molecule has 0 fully saturated rings. The van der Waals surface area contributed by atoms with E-state index in [0.717, 1.165) is 35.0 Å². The Balaban J connectivity index is 1.93. The molecule has 3 nitrogen and oxygen atoms in total. The predicted molar refractivity (Wildman–Crippen MR) is 75.6 cm³/mol. The van der Waals surface area contributed by atoms with Crippen molar-refractivity contribution in [1.29, 1.82) is 0 Å². The van der Waals surface area contributed by atoms with Crippen molar-refractivity contribution >= 4 is 33.1 Å². The number of hydrogen-bond acceptors (Lipinski definition) is 3. The van der Waals surface area contributed by atoms with Crippen LogP contribution < -0.4 is 15.2 Å². The van der Waals surface area contributed by atoms with Crippen molar-refractivity contribution in [2.24, 2.45) is 5.92 Å². The molecule has 2 N–H and O–H groups in total. The summed E-state index contributed by atoms with van der Waals surface area (Å²) in [5.41, 5.74) is 1.99. The molecule has 0 saturated carbocycles. The standard InChI is InChI=1S/C13H19BNO2Se/c1-9(2)5-6-15-8-13-11-4-3-10(18)7-12(11)14(16)17-13/h3-4,7,9,13,15-16H,5-6,8H2,1-2H3. The Kier molecular flexibility index (Phi) is 4.87. The van der Waals surface area contributed by atoms with Gasteiger partial charge in [0, 0.05) is 0 Å². The summed E-state index contributed by atoms with van der Waals surface area (Å²) in [7, 11) is -0.787. The molecule has 0 aliphatic carbocycles. The first kappa shape index (κ1) is 14.1. The third-order valence-electron chi connectivity index (χ3n) is 3.19. The summed E-state index contributed by atoms with van der Waals surface area (Å²) in [5, 5.41) is 13.2. The van der Waals surface area contributed by atoms with Crippen LogP contribution in [0.5, 0.6) is 0 Å². The van der Waals surface area contributed by atoms with Gasteiger partial charge in [-0.1, -0.05) is 0 Å². The summed E-state index contributed by atoms with van der Waals surface area (Å²) in [5.74, 6) is 0.707. The van der Waals surface area contributed by atoms with Gasteiger partial charge in [0.05, 0.1) is 0 Å². The van der Waals surface area contributed by atoms with Crippen LogP contribution in [0, 0.1) is 5.92 Å². The van der Waals surface area contributed by atoms with Crippen molar-refractivity contribution in [3.05, 3.63) is 23.8 Å². The van der Waals surface area contributed by atoms with E-state index in [2.05, 4.69) is 35.2 Å². The minimum absolute atomic E-state index is 0.0391. The maximum atomic E-state index is 9.86. The van der Waals surface area contributed by atoms with Crippen molar-refractivity contribution in [1.82, 2.24) is 5.32 Å². The van der Waals surface area contributed by atoms with Gasteiger partial charge in [0.1, 0.15) is 0 Å². The van der Waals surface area contributed by atoms with Gasteiger partial charge in [-0.05, 0) is 0 Å². The predicted octanol–water partition coefficient (Wildman–Crippen LogP) is -0.125. The van der Waals surface area contributed by atoms with E-state index in [4.69, 9.17) is 4.65 Å². The van der Waals surface area contributed by atoms with E-state index in [1.54, 1.807) is 0 Å². The summed E-state index contributed by atoms with van der Waals surface area (Å²) in [6.45, 7) is 6.17. The molecule has 1 aliphatic heterocycles. The summed E-state index contributed by atoms with van der Waals surface area (Å²) in [6, 6.07) is 6.00. The quantitative estimate of drug-likeness (QED) is 0.588. The van der Waals surface area contributed by atoms with Crippen LogP contribution in [0.2, 0.25) is 0 Å². The fourth-order valence-electron chi connectivity index (χ4n) is 2.14. The van der Waals surface area contributed by atoms with Gasteiger partial charge in [-0.25, -0.2) is 0 Å². The zero-order valence-corrected chi connectivity index (χ0v) is 12.6. The average molecular weight is 311 g/mol. The van der Waals surface area contributed by atoms with Crippen LogP contribution in [-0.2, 0) is 4.65 Å². The molecular formula is C13H19BNO2Se. The van der Waals surface area contributed by atoms with E-state index in [1.165, 1.54) is 0 Å². The number of fused-ring (bicyclic) bond motifs is 1. The first-order valence-electron chi connectivity index (χ1n) is 6.43. The van der Waals surface area contributed by atoms with Gasteiger partial charge in [-0.15, -0.1) is 0 Å². The van der Waals surface area contributed by atoms with Gasteiger partial charge >= 0.3 is 117 Å². The van der Waals surface area contributed by atoms with Gasteiger partial charge < -0.3 is 0 Å². The fourth-order valence-corrected chi connectivity index (χ4v) is 2.55. The van der Waals surface area contributed by atoms with Crippen molar-refractivity contribution < 1.29 is 9.68 Å². The molecule has 0 bridgehead atoms. The molecule has 0 amide bonds. The molecule has 5 heteroatoms. The Morgan fingerprint density at radius 2 is 2.28 bits per heavy atom. The van der Waals surface area contributed by atoms with Crippen LogP contribution in [0.3, 0.4) is 0 Å². The van der Waals surface area contributed by atoms with Crippen LogP contribution in [0.15, 0.2) is 18.2 Å². The topological polar surface area (TPSA) is 41.5 Å². The van der Waals surface area contributed by atoms with Crippen molar-refractivity contribution in [2.45, 2.75) is 26.4 Å². The molecule has 18 heavy (non-hydrogen) atoms. The molecule has 1 atom stereocenters. The van der Waals surface area contributed by atoms with Crippen LogP contribution in [-0.4, -0.2) is 41.2 Å². The second-order valence-electron chi connectivity index (χ2n) is 5.15. The van der Waals surface area contributed by atoms with Gasteiger partial charge in [0.2, 0.25) is 0 Å². The average Bonchev–Trinajstić information content (AvgIpc) is 2.61. The molecule has 0 saturated heterocycles. The Labute approximate surface area is 117 Å². The van der Waals surface area contributed by atoms with Crippen molar-refractivity contribution in [2.75, 3.05) is 13.1 Å². The molecule has 1 aromatic carbocycles. The molecule has 2 rings (SSSR count). The number of hydrogen-bond donors (Lipinski definition) is 2. The van der Waals surface area contributed by atoms with Gasteiger partial charge in [0.25, 0.3) is 0 Å². The first-order chi connectivity index (χ1) is 8.58. The Morgan fingerprint density at radius 1 is 1.50 bits per heavy atom. The second kappa shape index (κ2) is 6.22. The van der Waals surface area contributed by atoms with E-state index in [1.807, 2.05) is 18.2 Å². The Morgan fingerprint density at radius 3 is 3.00 bits per heavy atom. The van der Waals surface area contributed by atoms with E-state index in [9.17, 15) is 5.02 Å². The maximum absolute atomic E-state index is 9.86. The van der Waals surface area contributed by atoms with Crippen molar-refractivity contribution in [3.8, 4) is 0 Å². The Hall–Kier alpha value is -0.316. The molecule has 1 aliphatic rings. The molecule has 1 unspecified atom stereocenters. The van der Waals surface area contributed by atoms with E-state index < -0.39 is 7.12 Å². The third kappa shape index (κ3) is 3.37. The molecule has 0 aromatic heterocycles. The zero-order valence-electron chi connectivity index (χ0n) is 10.8. The van der Waals surface area contributed by atoms with Crippen molar-refractivity contribution in [3.63, 3.8) is 0 Å². The monoisotopic (exact) mass is 312 g/mol. The van der Waals surface area contributed by atoms with E-state index >= 15 is 0 Å². The van der Waals surface area contributed by atoms with Crippen LogP contribution in [0.4, 0.5) is 0 Å².